The van der Waals surface area contributed by atoms with Crippen LogP contribution in [-0.4, -0.2) is 18.6 Å². The molecular weight excluding hydrogens is 248 g/mol. The first-order valence-corrected chi connectivity index (χ1v) is 7.12. The first kappa shape index (κ1) is 14.5. The third-order valence-electron chi connectivity index (χ3n) is 3.24. The average molecular weight is 270 g/mol. The molecule has 3 heteroatoms. The molecule has 0 radical (unpaired) electrons. The molecule has 0 bridgehead atoms. The number of pyridine rings is 1. The van der Waals surface area contributed by atoms with Gasteiger partial charge in [0, 0.05) is 12.2 Å². The Labute approximate surface area is 121 Å². The maximum absolute atomic E-state index is 5.65. The van der Waals surface area contributed by atoms with Crippen molar-refractivity contribution < 1.29 is 4.74 Å². The molecular formula is C17H22N2O. The molecule has 0 aliphatic rings. The van der Waals surface area contributed by atoms with Crippen LogP contribution >= 0.6 is 0 Å². The van der Waals surface area contributed by atoms with Gasteiger partial charge < -0.3 is 10.1 Å². The number of nitrogens with zero attached hydrogens (tertiary/aromatic N) is 1. The van der Waals surface area contributed by atoms with Crippen LogP contribution in [0.2, 0.25) is 0 Å². The van der Waals surface area contributed by atoms with Gasteiger partial charge in [0.05, 0.1) is 12.8 Å². The second-order valence-corrected chi connectivity index (χ2v) is 4.83. The van der Waals surface area contributed by atoms with Gasteiger partial charge in [-0.15, -0.1) is 0 Å². The summed E-state index contributed by atoms with van der Waals surface area (Å²) in [6.07, 6.45) is 5.62. The highest BCUT2D eigenvalue weighted by atomic mass is 16.5. The van der Waals surface area contributed by atoms with Gasteiger partial charge in [-0.1, -0.05) is 37.3 Å². The van der Waals surface area contributed by atoms with Crippen LogP contribution in [0, 0.1) is 0 Å². The molecule has 20 heavy (non-hydrogen) atoms. The summed E-state index contributed by atoms with van der Waals surface area (Å²) in [5.74, 6) is 0.845. The van der Waals surface area contributed by atoms with Crippen molar-refractivity contribution in [3.8, 4) is 5.75 Å². The SMILES string of the molecule is CCCOc1cncc(C(Cc2ccccc2)NC)c1. The van der Waals surface area contributed by atoms with E-state index in [1.807, 2.05) is 19.3 Å². The zero-order valence-corrected chi connectivity index (χ0v) is 12.2. The maximum Gasteiger partial charge on any atom is 0.137 e. The monoisotopic (exact) mass is 270 g/mol. The lowest BCUT2D eigenvalue weighted by Gasteiger charge is -2.17. The van der Waals surface area contributed by atoms with Crippen molar-refractivity contribution >= 4 is 0 Å². The molecule has 0 fully saturated rings. The molecule has 1 aromatic heterocycles. The van der Waals surface area contributed by atoms with E-state index in [2.05, 4.69) is 47.6 Å². The topological polar surface area (TPSA) is 34.1 Å². The fourth-order valence-electron chi connectivity index (χ4n) is 2.16. The zero-order valence-electron chi connectivity index (χ0n) is 12.2. The molecule has 1 aromatic carbocycles. The molecule has 2 rings (SSSR count). The molecule has 0 amide bonds. The summed E-state index contributed by atoms with van der Waals surface area (Å²) in [4.78, 5) is 4.28. The van der Waals surface area contributed by atoms with Crippen LogP contribution in [0.15, 0.2) is 48.8 Å². The Hall–Kier alpha value is -1.87. The largest absolute Gasteiger partial charge is 0.492 e. The van der Waals surface area contributed by atoms with Gasteiger partial charge >= 0.3 is 0 Å². The third kappa shape index (κ3) is 4.07. The lowest BCUT2D eigenvalue weighted by Crippen LogP contribution is -2.19. The quantitative estimate of drug-likeness (QED) is 0.837. The minimum atomic E-state index is 0.245. The van der Waals surface area contributed by atoms with Crippen molar-refractivity contribution in [2.45, 2.75) is 25.8 Å². The van der Waals surface area contributed by atoms with E-state index in [1.54, 1.807) is 6.20 Å². The fraction of sp³-hybridized carbons (Fsp3) is 0.353. The molecule has 0 saturated heterocycles. The maximum atomic E-state index is 5.65. The molecule has 0 saturated carbocycles. The Kier molecular flexibility index (Phi) is 5.56. The third-order valence-corrected chi connectivity index (χ3v) is 3.24. The van der Waals surface area contributed by atoms with Crippen molar-refractivity contribution in [2.75, 3.05) is 13.7 Å². The van der Waals surface area contributed by atoms with Gasteiger partial charge in [0.25, 0.3) is 0 Å². The molecule has 0 spiro atoms. The van der Waals surface area contributed by atoms with E-state index in [-0.39, 0.29) is 6.04 Å². The van der Waals surface area contributed by atoms with E-state index in [0.717, 1.165) is 30.8 Å². The molecule has 1 unspecified atom stereocenters. The Morgan fingerprint density at radius 1 is 1.20 bits per heavy atom. The van der Waals surface area contributed by atoms with Crippen molar-refractivity contribution in [3.05, 3.63) is 59.9 Å². The Bertz CT molecular complexity index is 513. The van der Waals surface area contributed by atoms with Gasteiger partial charge in [0.2, 0.25) is 0 Å². The normalized spacial score (nSPS) is 12.1. The highest BCUT2D eigenvalue weighted by molar-refractivity contribution is 5.28. The molecule has 1 atom stereocenters. The van der Waals surface area contributed by atoms with Crippen molar-refractivity contribution in [1.29, 1.82) is 0 Å². The van der Waals surface area contributed by atoms with Crippen LogP contribution in [0.3, 0.4) is 0 Å². The van der Waals surface area contributed by atoms with Crippen LogP contribution in [0.25, 0.3) is 0 Å². The van der Waals surface area contributed by atoms with E-state index >= 15 is 0 Å². The number of nitrogens with one attached hydrogen (secondary N) is 1. The Balaban J connectivity index is 2.10. The molecule has 0 aliphatic heterocycles. The van der Waals surface area contributed by atoms with Crippen molar-refractivity contribution in [2.24, 2.45) is 0 Å². The predicted molar refractivity (Wildman–Crippen MR) is 82.0 cm³/mol. The van der Waals surface area contributed by atoms with E-state index in [1.165, 1.54) is 5.56 Å². The van der Waals surface area contributed by atoms with Crippen molar-refractivity contribution in [1.82, 2.24) is 10.3 Å². The van der Waals surface area contributed by atoms with Gasteiger partial charge in [-0.3, -0.25) is 4.98 Å². The second-order valence-electron chi connectivity index (χ2n) is 4.83. The lowest BCUT2D eigenvalue weighted by molar-refractivity contribution is 0.315. The van der Waals surface area contributed by atoms with Gasteiger partial charge in [-0.2, -0.15) is 0 Å². The summed E-state index contributed by atoms with van der Waals surface area (Å²) in [7, 11) is 1.98. The van der Waals surface area contributed by atoms with Gasteiger partial charge in [0.15, 0.2) is 0 Å². The minimum Gasteiger partial charge on any atom is -0.492 e. The minimum absolute atomic E-state index is 0.245. The molecule has 2 aromatic rings. The van der Waals surface area contributed by atoms with Crippen LogP contribution < -0.4 is 10.1 Å². The lowest BCUT2D eigenvalue weighted by atomic mass is 10.0. The van der Waals surface area contributed by atoms with Gasteiger partial charge in [0.1, 0.15) is 5.75 Å². The van der Waals surface area contributed by atoms with Crippen LogP contribution in [0.1, 0.15) is 30.5 Å². The summed E-state index contributed by atoms with van der Waals surface area (Å²) in [6.45, 7) is 2.83. The van der Waals surface area contributed by atoms with Gasteiger partial charge in [-0.05, 0) is 37.1 Å². The highest BCUT2D eigenvalue weighted by Gasteiger charge is 2.11. The summed E-state index contributed by atoms with van der Waals surface area (Å²) in [6, 6.07) is 12.8. The number of aromatic nitrogens is 1. The molecule has 1 N–H and O–H groups in total. The molecule has 106 valence electrons. The number of likely N-dealkylation sites (N-methyl/N-ethyl adjacent to an activating group) is 1. The Morgan fingerprint density at radius 3 is 2.70 bits per heavy atom. The standard InChI is InChI=1S/C17H22N2O/c1-3-9-20-16-11-15(12-19-13-16)17(18-2)10-14-7-5-4-6-8-14/h4-8,11-13,17-18H,3,9-10H2,1-2H3. The fourth-order valence-corrected chi connectivity index (χ4v) is 2.16. The first-order valence-electron chi connectivity index (χ1n) is 7.12. The predicted octanol–water partition coefficient (Wildman–Crippen LogP) is 3.37. The van der Waals surface area contributed by atoms with Crippen LogP contribution in [-0.2, 0) is 6.42 Å². The van der Waals surface area contributed by atoms with E-state index in [0.29, 0.717) is 0 Å². The Morgan fingerprint density at radius 2 is 2.00 bits per heavy atom. The number of ether oxygens (including phenoxy) is 1. The van der Waals surface area contributed by atoms with Gasteiger partial charge in [-0.25, -0.2) is 0 Å². The summed E-state index contributed by atoms with van der Waals surface area (Å²) >= 11 is 0. The molecule has 1 heterocycles. The number of hydrogen-bond donors (Lipinski definition) is 1. The zero-order chi connectivity index (χ0) is 14.2. The van der Waals surface area contributed by atoms with E-state index < -0.39 is 0 Å². The number of rotatable bonds is 7. The molecule has 3 nitrogen and oxygen atoms in total. The summed E-state index contributed by atoms with van der Waals surface area (Å²) in [5.41, 5.74) is 2.47. The summed E-state index contributed by atoms with van der Waals surface area (Å²) < 4.78 is 5.65. The second kappa shape index (κ2) is 7.65. The number of benzene rings is 1. The van der Waals surface area contributed by atoms with E-state index in [9.17, 15) is 0 Å². The smallest absolute Gasteiger partial charge is 0.137 e. The van der Waals surface area contributed by atoms with Crippen molar-refractivity contribution in [3.63, 3.8) is 0 Å². The highest BCUT2D eigenvalue weighted by Crippen LogP contribution is 2.21. The number of hydrogen-bond acceptors (Lipinski definition) is 3. The van der Waals surface area contributed by atoms with Crippen LogP contribution in [0.5, 0.6) is 5.75 Å². The van der Waals surface area contributed by atoms with Crippen LogP contribution in [0.4, 0.5) is 0 Å². The summed E-state index contributed by atoms with van der Waals surface area (Å²) in [5, 5.41) is 3.35. The van der Waals surface area contributed by atoms with E-state index in [4.69, 9.17) is 4.74 Å². The first-order chi connectivity index (χ1) is 9.83. The molecule has 0 aliphatic carbocycles. The average Bonchev–Trinajstić information content (AvgIpc) is 2.52.